The van der Waals surface area contributed by atoms with E-state index in [1.807, 2.05) is 6.26 Å². The van der Waals surface area contributed by atoms with Crippen LogP contribution < -0.4 is 4.78 Å². The largest absolute Gasteiger partial charge is 0.351 e. The Kier molecular flexibility index (Phi) is 2.76. The number of nitrogens with zero attached hydrogens (tertiary/aromatic N) is 6. The number of tetrazole rings is 1. The highest BCUT2D eigenvalue weighted by atomic mass is 32.2. The Labute approximate surface area is 108 Å². The van der Waals surface area contributed by atoms with E-state index in [1.165, 1.54) is 21.3 Å². The van der Waals surface area contributed by atoms with Crippen LogP contribution in [0.3, 0.4) is 0 Å². The van der Waals surface area contributed by atoms with E-state index in [2.05, 4.69) is 20.5 Å². The maximum Gasteiger partial charge on any atom is 0.351 e. The first-order valence-electron chi connectivity index (χ1n) is 5.33. The average molecular weight is 286 g/mol. The molecule has 0 saturated heterocycles. The number of hydrogen-bond acceptors (Lipinski definition) is 7. The van der Waals surface area contributed by atoms with Gasteiger partial charge in [0.1, 0.15) is 0 Å². The van der Waals surface area contributed by atoms with Crippen LogP contribution in [-0.2, 0) is 9.09 Å². The zero-order valence-electron chi connectivity index (χ0n) is 9.79. The fourth-order valence-electron chi connectivity index (χ4n) is 1.86. The van der Waals surface area contributed by atoms with Gasteiger partial charge in [-0.3, -0.25) is 4.57 Å². The van der Waals surface area contributed by atoms with Crippen LogP contribution in [0.25, 0.3) is 6.08 Å². The van der Waals surface area contributed by atoms with Gasteiger partial charge in [0.15, 0.2) is 16.8 Å². The van der Waals surface area contributed by atoms with Gasteiger partial charge in [-0.1, -0.05) is 0 Å². The predicted octanol–water partition coefficient (Wildman–Crippen LogP) is 0.926. The van der Waals surface area contributed by atoms with Crippen LogP contribution >= 0.6 is 19.3 Å². The molecule has 3 heterocycles. The molecule has 2 atom stereocenters. The van der Waals surface area contributed by atoms with Crippen LogP contribution in [0.2, 0.25) is 0 Å². The van der Waals surface area contributed by atoms with Crippen molar-refractivity contribution in [2.45, 2.75) is 12.0 Å². The Bertz CT molecular complexity index is 584. The molecule has 1 aromatic rings. The van der Waals surface area contributed by atoms with Crippen LogP contribution in [0.5, 0.6) is 0 Å². The highest BCUT2D eigenvalue weighted by Gasteiger charge is 2.50. The number of fused-ring (bicyclic) bond motifs is 3. The summed E-state index contributed by atoms with van der Waals surface area (Å²) < 4.78 is 20.0. The summed E-state index contributed by atoms with van der Waals surface area (Å²) in [5, 5.41) is 10.8. The molecule has 3 rings (SSSR count). The van der Waals surface area contributed by atoms with Crippen molar-refractivity contribution in [2.24, 2.45) is 4.99 Å². The van der Waals surface area contributed by atoms with E-state index >= 15 is 0 Å². The molecular weight excluding hydrogens is 275 g/mol. The van der Waals surface area contributed by atoms with E-state index < -0.39 is 12.6 Å². The summed E-state index contributed by atoms with van der Waals surface area (Å²) in [6, 6.07) is 0. The quantitative estimate of drug-likeness (QED) is 0.764. The van der Waals surface area contributed by atoms with Crippen molar-refractivity contribution in [3.8, 4) is 0 Å². The third kappa shape index (κ3) is 1.47. The maximum atomic E-state index is 13.0. The molecular formula is C8H11N6O2PS. The van der Waals surface area contributed by atoms with Crippen LogP contribution in [0.1, 0.15) is 12.7 Å². The predicted molar refractivity (Wildman–Crippen MR) is 69.0 cm³/mol. The second-order valence-electron chi connectivity index (χ2n) is 3.58. The number of aromatic nitrogens is 4. The van der Waals surface area contributed by atoms with E-state index in [-0.39, 0.29) is 0 Å². The topological polar surface area (TPSA) is 85.5 Å². The maximum absolute atomic E-state index is 13.0. The average Bonchev–Trinajstić information content (AvgIpc) is 2.92. The Balaban J connectivity index is 2.12. The molecule has 0 aromatic carbocycles. The van der Waals surface area contributed by atoms with Crippen LogP contribution in [0.4, 0.5) is 0 Å². The lowest BCUT2D eigenvalue weighted by Gasteiger charge is -2.28. The minimum Gasteiger partial charge on any atom is -0.310 e. The number of thioether (sulfide) groups is 1. The summed E-state index contributed by atoms with van der Waals surface area (Å²) in [5.74, 6) is 1.07. The molecule has 0 saturated carbocycles. The number of hydrogen-bond donors (Lipinski definition) is 0. The van der Waals surface area contributed by atoms with Crippen LogP contribution in [-0.4, -0.2) is 44.1 Å². The summed E-state index contributed by atoms with van der Waals surface area (Å²) in [4.78, 5) is 5.77. The first-order valence-corrected chi connectivity index (χ1v) is 8.26. The fraction of sp³-hybridized carbons (Fsp3) is 0.500. The molecule has 1 aromatic heterocycles. The number of rotatable bonds is 3. The molecule has 0 amide bonds. The SMILES string of the molecule is CCOP1(=O)C(SC)N=C2C=Cc3nnnn3N21. The smallest absolute Gasteiger partial charge is 0.310 e. The van der Waals surface area contributed by atoms with Crippen LogP contribution in [0.15, 0.2) is 11.1 Å². The highest BCUT2D eigenvalue weighted by Crippen LogP contribution is 2.61. The first kappa shape index (κ1) is 11.9. The van der Waals surface area contributed by atoms with Crippen LogP contribution in [0, 0.1) is 0 Å². The minimum atomic E-state index is -3.15. The van der Waals surface area contributed by atoms with Crippen molar-refractivity contribution in [2.75, 3.05) is 17.6 Å². The summed E-state index contributed by atoms with van der Waals surface area (Å²) in [6.07, 6.45) is 5.32. The Hall–Kier alpha value is -1.18. The molecule has 18 heavy (non-hydrogen) atoms. The third-order valence-corrected chi connectivity index (χ3v) is 6.72. The second kappa shape index (κ2) is 4.18. The summed E-state index contributed by atoms with van der Waals surface area (Å²) >= 11 is 1.39. The molecule has 0 radical (unpaired) electrons. The lowest BCUT2D eigenvalue weighted by atomic mass is 10.4. The van der Waals surface area contributed by atoms with Crippen molar-refractivity contribution < 1.29 is 9.09 Å². The van der Waals surface area contributed by atoms with E-state index in [0.717, 1.165) is 0 Å². The van der Waals surface area contributed by atoms with E-state index in [1.54, 1.807) is 19.1 Å². The molecule has 96 valence electrons. The van der Waals surface area contributed by atoms with Crippen molar-refractivity contribution in [3.05, 3.63) is 11.9 Å². The molecule has 0 fully saturated rings. The van der Waals surface area contributed by atoms with Gasteiger partial charge in [0, 0.05) is 0 Å². The lowest BCUT2D eigenvalue weighted by Crippen LogP contribution is -2.38. The molecule has 2 unspecified atom stereocenters. The van der Waals surface area contributed by atoms with Gasteiger partial charge in [-0.15, -0.1) is 21.7 Å². The Morgan fingerprint density at radius 3 is 3.11 bits per heavy atom. The monoisotopic (exact) mass is 286 g/mol. The minimum absolute atomic E-state index is 0.342. The van der Waals surface area contributed by atoms with Gasteiger partial charge in [0.2, 0.25) is 0 Å². The van der Waals surface area contributed by atoms with Gasteiger partial charge < -0.3 is 4.52 Å². The molecule has 2 aliphatic heterocycles. The number of amidine groups is 1. The van der Waals surface area contributed by atoms with E-state index in [9.17, 15) is 4.57 Å². The van der Waals surface area contributed by atoms with Gasteiger partial charge in [0.05, 0.1) is 6.61 Å². The van der Waals surface area contributed by atoms with Gasteiger partial charge in [0.25, 0.3) is 0 Å². The molecule has 8 nitrogen and oxygen atoms in total. The van der Waals surface area contributed by atoms with E-state index in [4.69, 9.17) is 4.52 Å². The van der Waals surface area contributed by atoms with Gasteiger partial charge in [-0.25, -0.2) is 4.99 Å². The molecule has 2 aliphatic rings. The molecule has 10 heteroatoms. The summed E-state index contributed by atoms with van der Waals surface area (Å²) in [7, 11) is -3.15. The highest BCUT2D eigenvalue weighted by molar-refractivity contribution is 8.05. The zero-order valence-corrected chi connectivity index (χ0v) is 11.5. The van der Waals surface area contributed by atoms with Gasteiger partial charge >= 0.3 is 7.52 Å². The van der Waals surface area contributed by atoms with Crippen molar-refractivity contribution in [1.29, 1.82) is 0 Å². The fourth-order valence-corrected chi connectivity index (χ4v) is 5.42. The zero-order chi connectivity index (χ0) is 12.8. The van der Waals surface area contributed by atoms with Crippen molar-refractivity contribution in [3.63, 3.8) is 0 Å². The third-order valence-electron chi connectivity index (χ3n) is 2.55. The molecule has 0 N–H and O–H groups in total. The normalized spacial score (nSPS) is 29.1. The lowest BCUT2D eigenvalue weighted by molar-refractivity contribution is 0.327. The number of aliphatic imine (C=N–C) groups is 1. The van der Waals surface area contributed by atoms with E-state index in [0.29, 0.717) is 18.3 Å². The van der Waals surface area contributed by atoms with Crippen molar-refractivity contribution >= 4 is 31.2 Å². The van der Waals surface area contributed by atoms with Gasteiger partial charge in [-0.05, 0) is 35.8 Å². The Morgan fingerprint density at radius 2 is 2.39 bits per heavy atom. The van der Waals surface area contributed by atoms with Crippen molar-refractivity contribution in [1.82, 2.24) is 20.3 Å². The summed E-state index contributed by atoms with van der Waals surface area (Å²) in [5.41, 5.74) is 0. The molecule has 0 aliphatic carbocycles. The molecule has 0 bridgehead atoms. The standard InChI is InChI=1S/C8H11N6O2PS/c1-3-16-17(15)8(18-2)9-6-4-5-7-10-11-12-13(7)14(6)17/h4-5,8H,3H2,1-2H3. The van der Waals surface area contributed by atoms with Gasteiger partial charge in [-0.2, -0.15) is 4.78 Å². The second-order valence-corrected chi connectivity index (χ2v) is 7.10. The molecule has 0 spiro atoms. The Morgan fingerprint density at radius 1 is 1.56 bits per heavy atom. The summed E-state index contributed by atoms with van der Waals surface area (Å²) in [6.45, 7) is 2.14. The first-order chi connectivity index (χ1) is 8.70.